The van der Waals surface area contributed by atoms with Gasteiger partial charge < -0.3 is 10.1 Å². The van der Waals surface area contributed by atoms with Gasteiger partial charge in [-0.05, 0) is 38.1 Å². The summed E-state index contributed by atoms with van der Waals surface area (Å²) in [6.07, 6.45) is 3.69. The van der Waals surface area contributed by atoms with Gasteiger partial charge in [0.05, 0.1) is 0 Å². The molecule has 1 aromatic heterocycles. The third kappa shape index (κ3) is 3.10. The number of rotatable bonds is 7. The van der Waals surface area contributed by atoms with Crippen LogP contribution in [0.3, 0.4) is 0 Å². The number of nitrogens with one attached hydrogen (secondary N) is 1. The van der Waals surface area contributed by atoms with Crippen molar-refractivity contribution >= 4 is 5.97 Å². The Morgan fingerprint density at radius 3 is 2.44 bits per heavy atom. The van der Waals surface area contributed by atoms with Gasteiger partial charge in [-0.1, -0.05) is 13.8 Å². The average molecular weight is 224 g/mol. The van der Waals surface area contributed by atoms with Gasteiger partial charge in [0.25, 0.3) is 0 Å². The van der Waals surface area contributed by atoms with Crippen molar-refractivity contribution in [3.05, 3.63) is 24.0 Å². The zero-order valence-corrected chi connectivity index (χ0v) is 9.94. The molecule has 0 aliphatic carbocycles. The molecule has 4 nitrogen and oxygen atoms in total. The molecule has 4 heteroatoms. The van der Waals surface area contributed by atoms with E-state index in [0.29, 0.717) is 0 Å². The zero-order chi connectivity index (χ0) is 12.0. The van der Waals surface area contributed by atoms with Gasteiger partial charge in [-0.3, -0.25) is 9.69 Å². The number of nitrogens with zero attached hydrogens (tertiary/aromatic N) is 1. The fraction of sp³-hybridized carbons (Fsp3) is 0.583. The molecule has 0 fully saturated rings. The van der Waals surface area contributed by atoms with Crippen LogP contribution in [0.5, 0.6) is 0 Å². The van der Waals surface area contributed by atoms with Crippen LogP contribution in [0.25, 0.3) is 0 Å². The second kappa shape index (κ2) is 6.33. The Hall–Kier alpha value is -1.29. The highest BCUT2D eigenvalue weighted by atomic mass is 16.4. The number of H-pyrrole nitrogens is 1. The van der Waals surface area contributed by atoms with E-state index in [9.17, 15) is 9.90 Å². The summed E-state index contributed by atoms with van der Waals surface area (Å²) >= 11 is 0. The van der Waals surface area contributed by atoms with E-state index in [0.717, 1.165) is 31.6 Å². The molecule has 0 saturated carbocycles. The van der Waals surface area contributed by atoms with Crippen molar-refractivity contribution in [2.75, 3.05) is 13.1 Å². The lowest BCUT2D eigenvalue weighted by Gasteiger charge is -2.27. The highest BCUT2D eigenvalue weighted by Gasteiger charge is 2.26. The van der Waals surface area contributed by atoms with E-state index >= 15 is 0 Å². The maximum atomic E-state index is 11.3. The first-order chi connectivity index (χ1) is 7.70. The molecule has 1 rings (SSSR count). The van der Waals surface area contributed by atoms with Crippen molar-refractivity contribution in [1.82, 2.24) is 9.88 Å². The van der Waals surface area contributed by atoms with Gasteiger partial charge in [0, 0.05) is 11.9 Å². The van der Waals surface area contributed by atoms with E-state index in [2.05, 4.69) is 18.8 Å². The van der Waals surface area contributed by atoms with Gasteiger partial charge in [-0.15, -0.1) is 0 Å². The molecule has 0 radical (unpaired) electrons. The summed E-state index contributed by atoms with van der Waals surface area (Å²) in [5, 5.41) is 9.31. The third-order valence-corrected chi connectivity index (χ3v) is 2.54. The van der Waals surface area contributed by atoms with Crippen LogP contribution < -0.4 is 0 Å². The van der Waals surface area contributed by atoms with Gasteiger partial charge in [0.1, 0.15) is 6.04 Å². The van der Waals surface area contributed by atoms with Crippen molar-refractivity contribution in [3.8, 4) is 0 Å². The van der Waals surface area contributed by atoms with E-state index in [-0.39, 0.29) is 0 Å². The predicted octanol–water partition coefficient (Wildman–Crippen LogP) is 2.26. The second-order valence-corrected chi connectivity index (χ2v) is 3.90. The third-order valence-electron chi connectivity index (χ3n) is 2.54. The molecule has 2 N–H and O–H groups in total. The molecule has 90 valence electrons. The lowest BCUT2D eigenvalue weighted by Crippen LogP contribution is -2.35. The summed E-state index contributed by atoms with van der Waals surface area (Å²) in [5.41, 5.74) is 0.759. The molecule has 0 spiro atoms. The fourth-order valence-electron chi connectivity index (χ4n) is 1.94. The summed E-state index contributed by atoms with van der Waals surface area (Å²) in [5.74, 6) is -0.788. The summed E-state index contributed by atoms with van der Waals surface area (Å²) in [4.78, 5) is 16.3. The van der Waals surface area contributed by atoms with Gasteiger partial charge in [0.2, 0.25) is 0 Å². The van der Waals surface area contributed by atoms with E-state index in [1.807, 2.05) is 17.0 Å². The Bertz CT molecular complexity index is 303. The number of aliphatic carboxylic acids is 1. The highest BCUT2D eigenvalue weighted by molar-refractivity contribution is 5.74. The van der Waals surface area contributed by atoms with Crippen LogP contribution in [0.1, 0.15) is 38.4 Å². The summed E-state index contributed by atoms with van der Waals surface area (Å²) in [6.45, 7) is 5.75. The van der Waals surface area contributed by atoms with E-state index in [1.54, 1.807) is 6.20 Å². The first kappa shape index (κ1) is 12.8. The fourth-order valence-corrected chi connectivity index (χ4v) is 1.94. The van der Waals surface area contributed by atoms with Crippen LogP contribution in [0, 0.1) is 0 Å². The Kier molecular flexibility index (Phi) is 5.05. The standard InChI is InChI=1S/C12H20N2O2/c1-3-8-14(9-4-2)11(12(15)16)10-6-5-7-13-10/h5-7,11,13H,3-4,8-9H2,1-2H3,(H,15,16). The quantitative estimate of drug-likeness (QED) is 0.747. The SMILES string of the molecule is CCCN(CCC)C(C(=O)O)c1ccc[nH]1. The lowest BCUT2D eigenvalue weighted by molar-refractivity contribution is -0.143. The van der Waals surface area contributed by atoms with E-state index < -0.39 is 12.0 Å². The first-order valence-electron chi connectivity index (χ1n) is 5.80. The molecule has 1 aromatic rings. The van der Waals surface area contributed by atoms with Gasteiger partial charge in [-0.2, -0.15) is 0 Å². The minimum absolute atomic E-state index is 0.546. The number of hydrogen-bond acceptors (Lipinski definition) is 2. The first-order valence-corrected chi connectivity index (χ1v) is 5.80. The molecule has 1 heterocycles. The van der Waals surface area contributed by atoms with Crippen molar-refractivity contribution in [2.24, 2.45) is 0 Å². The van der Waals surface area contributed by atoms with Crippen LogP contribution in [0.15, 0.2) is 18.3 Å². The number of aromatic amines is 1. The van der Waals surface area contributed by atoms with E-state index in [4.69, 9.17) is 0 Å². The minimum atomic E-state index is -0.788. The maximum Gasteiger partial charge on any atom is 0.327 e. The van der Waals surface area contributed by atoms with E-state index in [1.165, 1.54) is 0 Å². The van der Waals surface area contributed by atoms with Crippen LogP contribution in [0.4, 0.5) is 0 Å². The molecule has 0 aromatic carbocycles. The Balaban J connectivity index is 2.85. The van der Waals surface area contributed by atoms with Gasteiger partial charge in [-0.25, -0.2) is 0 Å². The van der Waals surface area contributed by atoms with Gasteiger partial charge >= 0.3 is 5.97 Å². The van der Waals surface area contributed by atoms with Crippen LogP contribution >= 0.6 is 0 Å². The lowest BCUT2D eigenvalue weighted by atomic mass is 10.1. The largest absolute Gasteiger partial charge is 0.480 e. The van der Waals surface area contributed by atoms with Crippen molar-refractivity contribution in [2.45, 2.75) is 32.7 Å². The zero-order valence-electron chi connectivity index (χ0n) is 9.94. The summed E-state index contributed by atoms with van der Waals surface area (Å²) in [6, 6.07) is 3.12. The van der Waals surface area contributed by atoms with Crippen molar-refractivity contribution < 1.29 is 9.90 Å². The number of aromatic nitrogens is 1. The summed E-state index contributed by atoms with van der Waals surface area (Å²) < 4.78 is 0. The number of carboxylic acid groups (broad SMARTS) is 1. The van der Waals surface area contributed by atoms with Crippen LogP contribution in [-0.4, -0.2) is 34.0 Å². The molecule has 0 amide bonds. The van der Waals surface area contributed by atoms with Crippen LogP contribution in [0.2, 0.25) is 0 Å². The normalized spacial score (nSPS) is 12.9. The minimum Gasteiger partial charge on any atom is -0.480 e. The molecule has 0 bridgehead atoms. The van der Waals surface area contributed by atoms with Gasteiger partial charge in [0.15, 0.2) is 0 Å². The molecule has 1 atom stereocenters. The average Bonchev–Trinajstić information content (AvgIpc) is 2.71. The number of carbonyl (C=O) groups is 1. The molecule has 16 heavy (non-hydrogen) atoms. The topological polar surface area (TPSA) is 56.3 Å². The second-order valence-electron chi connectivity index (χ2n) is 3.90. The van der Waals surface area contributed by atoms with Crippen molar-refractivity contribution in [3.63, 3.8) is 0 Å². The van der Waals surface area contributed by atoms with Crippen molar-refractivity contribution in [1.29, 1.82) is 0 Å². The molecule has 0 aliphatic rings. The van der Waals surface area contributed by atoms with Crippen LogP contribution in [-0.2, 0) is 4.79 Å². The number of hydrogen-bond donors (Lipinski definition) is 2. The molecular weight excluding hydrogens is 204 g/mol. The predicted molar refractivity (Wildman–Crippen MR) is 63.3 cm³/mol. The maximum absolute atomic E-state index is 11.3. The molecule has 1 unspecified atom stereocenters. The molecule has 0 saturated heterocycles. The summed E-state index contributed by atoms with van der Waals surface area (Å²) in [7, 11) is 0. The number of carboxylic acids is 1. The Morgan fingerprint density at radius 1 is 1.44 bits per heavy atom. The smallest absolute Gasteiger partial charge is 0.327 e. The molecule has 0 aliphatic heterocycles. The Morgan fingerprint density at radius 2 is 2.06 bits per heavy atom. The Labute approximate surface area is 96.3 Å². The highest BCUT2D eigenvalue weighted by Crippen LogP contribution is 2.20. The monoisotopic (exact) mass is 224 g/mol. The molecular formula is C12H20N2O2.